The molecule has 2 fully saturated rings. The number of rotatable bonds is 9. The Morgan fingerprint density at radius 1 is 1.02 bits per heavy atom. The fourth-order valence-electron chi connectivity index (χ4n) is 5.55. The first kappa shape index (κ1) is 30.7. The lowest BCUT2D eigenvalue weighted by molar-refractivity contribution is -0.188. The Balaban J connectivity index is 1.02. The largest absolute Gasteiger partial charge is 0.467 e. The molecule has 0 saturated carbocycles. The van der Waals surface area contributed by atoms with Gasteiger partial charge in [0, 0.05) is 61.4 Å². The first-order valence-electron chi connectivity index (χ1n) is 15.4. The Morgan fingerprint density at radius 2 is 1.80 bits per heavy atom. The van der Waals surface area contributed by atoms with Crippen molar-refractivity contribution in [3.8, 4) is 23.2 Å². The van der Waals surface area contributed by atoms with Crippen molar-refractivity contribution < 1.29 is 28.3 Å². The number of nitrogens with zero attached hydrogens (tertiary/aromatic N) is 4. The van der Waals surface area contributed by atoms with Crippen LogP contribution in [0.4, 0.5) is 0 Å². The van der Waals surface area contributed by atoms with E-state index in [1.807, 2.05) is 60.2 Å². The molecule has 4 heterocycles. The van der Waals surface area contributed by atoms with Gasteiger partial charge in [0.05, 0.1) is 20.3 Å². The van der Waals surface area contributed by atoms with Gasteiger partial charge in [0.25, 0.3) is 0 Å². The molecule has 3 atom stereocenters. The van der Waals surface area contributed by atoms with Crippen LogP contribution in [0.5, 0.6) is 0 Å². The predicted molar refractivity (Wildman–Crippen MR) is 166 cm³/mol. The molecule has 0 bridgehead atoms. The van der Waals surface area contributed by atoms with Crippen LogP contribution in [0.3, 0.4) is 0 Å². The summed E-state index contributed by atoms with van der Waals surface area (Å²) in [5, 5.41) is 4.29. The van der Waals surface area contributed by atoms with Crippen molar-refractivity contribution in [3.63, 3.8) is 0 Å². The number of imidazole rings is 1. The molecule has 10 nitrogen and oxygen atoms in total. The van der Waals surface area contributed by atoms with Gasteiger partial charge in [-0.3, -0.25) is 4.90 Å². The highest BCUT2D eigenvalue weighted by Crippen LogP contribution is 2.25. The minimum atomic E-state index is -0.530. The monoisotopic (exact) mass is 610 g/mol. The van der Waals surface area contributed by atoms with Crippen molar-refractivity contribution in [2.45, 2.75) is 57.8 Å². The van der Waals surface area contributed by atoms with Crippen LogP contribution < -0.4 is 0 Å². The number of hydrogen-bond acceptors (Lipinski definition) is 9. The third-order valence-electron chi connectivity index (χ3n) is 7.99. The normalized spacial score (nSPS) is 19.4. The van der Waals surface area contributed by atoms with Gasteiger partial charge in [-0.15, -0.1) is 0 Å². The standard InChI is InChI=1S/C35H38N4O6/c1-25(44-33-5-3-4-19-43-33)34-36-16-17-39(34)23-30-21-31(45-37-30)29-14-12-27(13-15-29)7-6-26-8-10-28(11-9-26)22-38-18-20-42-32(24-38)35(40)41-2/h8-17,21,25,32-33H,3-5,18-20,22-24H2,1-2H3/t25-,32?,33?/m0/s1. The maximum Gasteiger partial charge on any atom is 0.336 e. The van der Waals surface area contributed by atoms with Crippen molar-refractivity contribution in [2.75, 3.05) is 33.4 Å². The molecule has 0 amide bonds. The van der Waals surface area contributed by atoms with E-state index in [-0.39, 0.29) is 18.4 Å². The summed E-state index contributed by atoms with van der Waals surface area (Å²) in [5.74, 6) is 7.68. The molecule has 4 aromatic rings. The number of ether oxygens (including phenoxy) is 4. The van der Waals surface area contributed by atoms with Gasteiger partial charge in [-0.1, -0.05) is 29.1 Å². The van der Waals surface area contributed by atoms with E-state index in [1.165, 1.54) is 7.11 Å². The Kier molecular flexibility index (Phi) is 10.0. The van der Waals surface area contributed by atoms with E-state index in [0.29, 0.717) is 25.5 Å². The minimum absolute atomic E-state index is 0.179. The first-order chi connectivity index (χ1) is 22.0. The van der Waals surface area contributed by atoms with E-state index in [9.17, 15) is 4.79 Å². The van der Waals surface area contributed by atoms with Crippen LogP contribution in [0.2, 0.25) is 0 Å². The maximum absolute atomic E-state index is 11.8. The van der Waals surface area contributed by atoms with Crippen molar-refractivity contribution in [1.82, 2.24) is 19.6 Å². The van der Waals surface area contributed by atoms with E-state index in [4.69, 9.17) is 23.5 Å². The number of carbonyl (C=O) groups is 1. The topological polar surface area (TPSA) is 101 Å². The number of morpholine rings is 1. The van der Waals surface area contributed by atoms with Crippen LogP contribution in [0.25, 0.3) is 11.3 Å². The van der Waals surface area contributed by atoms with Crippen molar-refractivity contribution in [1.29, 1.82) is 0 Å². The summed E-state index contributed by atoms with van der Waals surface area (Å²) in [6, 6.07) is 18.1. The van der Waals surface area contributed by atoms with Crippen LogP contribution in [0.15, 0.2) is 71.5 Å². The lowest BCUT2D eigenvalue weighted by Crippen LogP contribution is -2.46. The second kappa shape index (κ2) is 14.7. The third kappa shape index (κ3) is 8.07. The van der Waals surface area contributed by atoms with Gasteiger partial charge in [0.1, 0.15) is 17.6 Å². The Bertz CT molecular complexity index is 1610. The molecule has 10 heteroatoms. The molecule has 234 valence electrons. The first-order valence-corrected chi connectivity index (χ1v) is 15.4. The SMILES string of the molecule is COC(=O)C1CN(Cc2ccc(C#Cc3ccc(-c4cc(Cn5ccnc5[C@H](C)OC5CCCCO5)no4)cc3)cc2)CCO1. The predicted octanol–water partition coefficient (Wildman–Crippen LogP) is 4.96. The number of carbonyl (C=O) groups excluding carboxylic acids is 1. The molecule has 2 aliphatic rings. The number of aromatic nitrogens is 3. The van der Waals surface area contributed by atoms with E-state index < -0.39 is 6.10 Å². The highest BCUT2D eigenvalue weighted by atomic mass is 16.7. The molecule has 6 rings (SSSR count). The van der Waals surface area contributed by atoms with Gasteiger partial charge < -0.3 is 28.0 Å². The highest BCUT2D eigenvalue weighted by molar-refractivity contribution is 5.74. The van der Waals surface area contributed by atoms with Crippen LogP contribution in [0.1, 0.15) is 60.5 Å². The fraction of sp³-hybridized carbons (Fsp3) is 0.400. The van der Waals surface area contributed by atoms with Crippen molar-refractivity contribution in [3.05, 3.63) is 95.2 Å². The molecule has 0 radical (unpaired) electrons. The van der Waals surface area contributed by atoms with Crippen LogP contribution in [-0.4, -0.2) is 71.4 Å². The Morgan fingerprint density at radius 3 is 2.53 bits per heavy atom. The molecule has 2 aliphatic heterocycles. The van der Waals surface area contributed by atoms with E-state index in [1.54, 1.807) is 6.20 Å². The van der Waals surface area contributed by atoms with E-state index >= 15 is 0 Å². The summed E-state index contributed by atoms with van der Waals surface area (Å²) in [6.07, 6.45) is 5.92. The van der Waals surface area contributed by atoms with Crippen LogP contribution >= 0.6 is 0 Å². The van der Waals surface area contributed by atoms with E-state index in [2.05, 4.69) is 39.0 Å². The summed E-state index contributed by atoms with van der Waals surface area (Å²) in [7, 11) is 1.39. The number of benzene rings is 2. The van der Waals surface area contributed by atoms with Gasteiger partial charge in [0.2, 0.25) is 0 Å². The third-order valence-corrected chi connectivity index (χ3v) is 7.99. The molecule has 2 aromatic heterocycles. The Labute approximate surface area is 263 Å². The molecule has 0 N–H and O–H groups in total. The molecule has 0 aliphatic carbocycles. The highest BCUT2D eigenvalue weighted by Gasteiger charge is 2.27. The summed E-state index contributed by atoms with van der Waals surface area (Å²) in [6.45, 7) is 5.82. The minimum Gasteiger partial charge on any atom is -0.467 e. The van der Waals surface area contributed by atoms with Gasteiger partial charge in [-0.2, -0.15) is 0 Å². The molecule has 2 saturated heterocycles. The van der Waals surface area contributed by atoms with Gasteiger partial charge >= 0.3 is 5.97 Å². The van der Waals surface area contributed by atoms with Crippen molar-refractivity contribution >= 4 is 5.97 Å². The summed E-state index contributed by atoms with van der Waals surface area (Å²) in [4.78, 5) is 18.5. The van der Waals surface area contributed by atoms with Crippen LogP contribution in [0, 0.1) is 11.8 Å². The zero-order valence-electron chi connectivity index (χ0n) is 25.7. The van der Waals surface area contributed by atoms with E-state index in [0.717, 1.165) is 72.7 Å². The second-order valence-electron chi connectivity index (χ2n) is 11.3. The van der Waals surface area contributed by atoms with Gasteiger partial charge in [-0.25, -0.2) is 9.78 Å². The zero-order chi connectivity index (χ0) is 31.0. The summed E-state index contributed by atoms with van der Waals surface area (Å²) < 4.78 is 29.9. The van der Waals surface area contributed by atoms with Crippen molar-refractivity contribution in [2.24, 2.45) is 0 Å². The number of methoxy groups -OCH3 is 1. The Hall–Kier alpha value is -4.27. The second-order valence-corrected chi connectivity index (χ2v) is 11.3. The molecule has 45 heavy (non-hydrogen) atoms. The summed E-state index contributed by atoms with van der Waals surface area (Å²) in [5.41, 5.74) is 4.72. The lowest BCUT2D eigenvalue weighted by Gasteiger charge is -2.31. The zero-order valence-corrected chi connectivity index (χ0v) is 25.7. The molecule has 2 aromatic carbocycles. The average Bonchev–Trinajstić information content (AvgIpc) is 3.75. The molecule has 0 spiro atoms. The molecular formula is C35H38N4O6. The molecule has 2 unspecified atom stereocenters. The van der Waals surface area contributed by atoms with Gasteiger partial charge in [-0.05, 0) is 68.1 Å². The number of hydrogen-bond donors (Lipinski definition) is 0. The summed E-state index contributed by atoms with van der Waals surface area (Å²) >= 11 is 0. The number of esters is 1. The average molecular weight is 611 g/mol. The van der Waals surface area contributed by atoms with Crippen LogP contribution in [-0.2, 0) is 36.8 Å². The smallest absolute Gasteiger partial charge is 0.336 e. The maximum atomic E-state index is 11.8. The van der Waals surface area contributed by atoms with Gasteiger partial charge in [0.15, 0.2) is 18.2 Å². The fourth-order valence-corrected chi connectivity index (χ4v) is 5.55. The lowest BCUT2D eigenvalue weighted by atomic mass is 10.1. The molecular weight excluding hydrogens is 572 g/mol. The quantitative estimate of drug-likeness (QED) is 0.192.